The van der Waals surface area contributed by atoms with Gasteiger partial charge in [0, 0.05) is 18.3 Å². The van der Waals surface area contributed by atoms with Crippen molar-refractivity contribution in [2.75, 3.05) is 12.0 Å². The van der Waals surface area contributed by atoms with Gasteiger partial charge >= 0.3 is 6.18 Å². The Morgan fingerprint density at radius 3 is 2.55 bits per heavy atom. The minimum absolute atomic E-state index is 0.219. The standard InChI is InChI=1S/C10H11F3N4O3/c11-10(12,13)3-4-15-9(18)7-5-6(16-14)1-2-8(7)17(19)20/h1-2,5,16H,3-4,14H2,(H,15,18). The number of carbonyl (C=O) groups excluding carboxylic acids is 1. The number of hydrogen-bond donors (Lipinski definition) is 3. The van der Waals surface area contributed by atoms with Crippen molar-refractivity contribution in [1.29, 1.82) is 0 Å². The number of nitrogens with zero attached hydrogens (tertiary/aromatic N) is 1. The lowest BCUT2D eigenvalue weighted by atomic mass is 10.1. The molecule has 0 aromatic heterocycles. The summed E-state index contributed by atoms with van der Waals surface area (Å²) in [5.74, 6) is 4.13. The van der Waals surface area contributed by atoms with Gasteiger partial charge in [-0.15, -0.1) is 0 Å². The first-order chi connectivity index (χ1) is 9.24. The average Bonchev–Trinajstić information content (AvgIpc) is 2.36. The summed E-state index contributed by atoms with van der Waals surface area (Å²) in [6.45, 7) is -0.667. The molecule has 0 aliphatic heterocycles. The van der Waals surface area contributed by atoms with Crippen LogP contribution in [0.15, 0.2) is 18.2 Å². The van der Waals surface area contributed by atoms with Crippen LogP contribution in [0.25, 0.3) is 0 Å². The van der Waals surface area contributed by atoms with E-state index in [1.54, 1.807) is 0 Å². The Bertz CT molecular complexity index is 519. The molecule has 1 aromatic rings. The number of halogens is 3. The molecule has 4 N–H and O–H groups in total. The molecule has 0 atom stereocenters. The van der Waals surface area contributed by atoms with Crippen LogP contribution in [-0.2, 0) is 0 Å². The predicted octanol–water partition coefficient (Wildman–Crippen LogP) is 1.56. The Morgan fingerprint density at radius 2 is 2.05 bits per heavy atom. The molecule has 0 aliphatic carbocycles. The number of nitrogens with one attached hydrogen (secondary N) is 2. The molecule has 0 saturated heterocycles. The number of alkyl halides is 3. The lowest BCUT2D eigenvalue weighted by molar-refractivity contribution is -0.385. The van der Waals surface area contributed by atoms with E-state index in [9.17, 15) is 28.1 Å². The Balaban J connectivity index is 2.87. The van der Waals surface area contributed by atoms with E-state index in [-0.39, 0.29) is 11.3 Å². The third-order valence-corrected chi connectivity index (χ3v) is 2.30. The van der Waals surface area contributed by atoms with Crippen LogP contribution in [0.4, 0.5) is 24.5 Å². The van der Waals surface area contributed by atoms with E-state index in [0.29, 0.717) is 0 Å². The Kier molecular flexibility index (Phi) is 4.86. The normalized spacial score (nSPS) is 11.0. The number of rotatable bonds is 5. The summed E-state index contributed by atoms with van der Waals surface area (Å²) < 4.78 is 35.8. The van der Waals surface area contributed by atoms with Gasteiger partial charge in [0.15, 0.2) is 0 Å². The summed E-state index contributed by atoms with van der Waals surface area (Å²) in [5, 5.41) is 12.7. The number of nitro benzene ring substituents is 1. The minimum atomic E-state index is -4.42. The summed E-state index contributed by atoms with van der Waals surface area (Å²) >= 11 is 0. The van der Waals surface area contributed by atoms with E-state index in [4.69, 9.17) is 5.84 Å². The van der Waals surface area contributed by atoms with Crippen LogP contribution in [0.5, 0.6) is 0 Å². The van der Waals surface area contributed by atoms with E-state index in [2.05, 4.69) is 5.43 Å². The highest BCUT2D eigenvalue weighted by molar-refractivity contribution is 5.99. The van der Waals surface area contributed by atoms with Crippen molar-refractivity contribution in [2.24, 2.45) is 5.84 Å². The van der Waals surface area contributed by atoms with E-state index in [1.807, 2.05) is 5.32 Å². The lowest BCUT2D eigenvalue weighted by Crippen LogP contribution is -2.28. The van der Waals surface area contributed by atoms with Crippen LogP contribution in [-0.4, -0.2) is 23.6 Å². The van der Waals surface area contributed by atoms with Gasteiger partial charge in [0.05, 0.1) is 11.3 Å². The Labute approximate surface area is 111 Å². The molecule has 0 heterocycles. The van der Waals surface area contributed by atoms with Gasteiger partial charge in [-0.05, 0) is 12.1 Å². The van der Waals surface area contributed by atoms with Crippen LogP contribution in [0.2, 0.25) is 0 Å². The van der Waals surface area contributed by atoms with Crippen LogP contribution in [0, 0.1) is 10.1 Å². The maximum atomic E-state index is 11.9. The molecule has 7 nitrogen and oxygen atoms in total. The highest BCUT2D eigenvalue weighted by atomic mass is 19.4. The van der Waals surface area contributed by atoms with Crippen LogP contribution in [0.3, 0.4) is 0 Å². The number of amides is 1. The second-order valence-electron chi connectivity index (χ2n) is 3.75. The lowest BCUT2D eigenvalue weighted by Gasteiger charge is -2.09. The first-order valence-electron chi connectivity index (χ1n) is 5.34. The molecule has 0 bridgehead atoms. The van der Waals surface area contributed by atoms with E-state index in [0.717, 1.165) is 12.1 Å². The third-order valence-electron chi connectivity index (χ3n) is 2.30. The van der Waals surface area contributed by atoms with Gasteiger partial charge in [0.25, 0.3) is 11.6 Å². The van der Waals surface area contributed by atoms with Gasteiger partial charge in [-0.25, -0.2) is 0 Å². The number of carbonyl (C=O) groups is 1. The fourth-order valence-corrected chi connectivity index (χ4v) is 1.38. The summed E-state index contributed by atoms with van der Waals surface area (Å²) in [6.07, 6.45) is -5.64. The topological polar surface area (TPSA) is 110 Å². The van der Waals surface area contributed by atoms with Crippen molar-refractivity contribution in [3.63, 3.8) is 0 Å². The average molecular weight is 292 g/mol. The maximum Gasteiger partial charge on any atom is 0.390 e. The molecule has 0 aliphatic rings. The van der Waals surface area contributed by atoms with Gasteiger partial charge < -0.3 is 10.7 Å². The first kappa shape index (κ1) is 15.7. The fourth-order valence-electron chi connectivity index (χ4n) is 1.38. The molecule has 0 radical (unpaired) electrons. The van der Waals surface area contributed by atoms with Crippen molar-refractivity contribution in [2.45, 2.75) is 12.6 Å². The fraction of sp³-hybridized carbons (Fsp3) is 0.300. The van der Waals surface area contributed by atoms with Gasteiger partial charge in [0.1, 0.15) is 5.56 Å². The third kappa shape index (κ3) is 4.39. The smallest absolute Gasteiger partial charge is 0.351 e. The van der Waals surface area contributed by atoms with Gasteiger partial charge in [0.2, 0.25) is 0 Å². The first-order valence-corrected chi connectivity index (χ1v) is 5.34. The summed E-state index contributed by atoms with van der Waals surface area (Å²) in [5.41, 5.74) is 1.52. The van der Waals surface area contributed by atoms with E-state index in [1.165, 1.54) is 6.07 Å². The monoisotopic (exact) mass is 292 g/mol. The SMILES string of the molecule is NNc1ccc([N+](=O)[O-])c(C(=O)NCCC(F)(F)F)c1. The largest absolute Gasteiger partial charge is 0.390 e. The Morgan fingerprint density at radius 1 is 1.40 bits per heavy atom. The summed E-state index contributed by atoms with van der Waals surface area (Å²) in [6, 6.07) is 3.39. The number of hydrazine groups is 1. The molecule has 110 valence electrons. The van der Waals surface area contributed by atoms with Gasteiger partial charge in [-0.1, -0.05) is 0 Å². The molecular formula is C10H11F3N4O3. The molecule has 0 unspecified atom stereocenters. The van der Waals surface area contributed by atoms with Gasteiger partial charge in [-0.3, -0.25) is 20.8 Å². The van der Waals surface area contributed by atoms with Crippen LogP contribution >= 0.6 is 0 Å². The number of hydrogen-bond acceptors (Lipinski definition) is 5. The van der Waals surface area contributed by atoms with Crippen molar-refractivity contribution in [3.8, 4) is 0 Å². The molecule has 0 fully saturated rings. The maximum absolute atomic E-state index is 11.9. The van der Waals surface area contributed by atoms with Gasteiger partial charge in [-0.2, -0.15) is 13.2 Å². The molecular weight excluding hydrogens is 281 g/mol. The zero-order valence-corrected chi connectivity index (χ0v) is 10.0. The van der Waals surface area contributed by atoms with Crippen LogP contribution in [0.1, 0.15) is 16.8 Å². The molecule has 1 amide bonds. The molecule has 20 heavy (non-hydrogen) atoms. The van der Waals surface area contributed by atoms with Crippen molar-refractivity contribution in [3.05, 3.63) is 33.9 Å². The number of nitrogen functional groups attached to an aromatic ring is 1. The second kappa shape index (κ2) is 6.19. The van der Waals surface area contributed by atoms with E-state index >= 15 is 0 Å². The summed E-state index contributed by atoms with van der Waals surface area (Å²) in [4.78, 5) is 21.6. The predicted molar refractivity (Wildman–Crippen MR) is 63.9 cm³/mol. The highest BCUT2D eigenvalue weighted by Crippen LogP contribution is 2.23. The zero-order chi connectivity index (χ0) is 15.3. The Hall–Kier alpha value is -2.36. The van der Waals surface area contributed by atoms with Crippen molar-refractivity contribution >= 4 is 17.3 Å². The number of benzene rings is 1. The molecule has 1 aromatic carbocycles. The number of anilines is 1. The molecule has 0 spiro atoms. The van der Waals surface area contributed by atoms with Crippen molar-refractivity contribution < 1.29 is 22.9 Å². The second-order valence-corrected chi connectivity index (χ2v) is 3.75. The van der Waals surface area contributed by atoms with Crippen molar-refractivity contribution in [1.82, 2.24) is 5.32 Å². The summed E-state index contributed by atoms with van der Waals surface area (Å²) in [7, 11) is 0. The highest BCUT2D eigenvalue weighted by Gasteiger charge is 2.27. The minimum Gasteiger partial charge on any atom is -0.351 e. The van der Waals surface area contributed by atoms with E-state index < -0.39 is 35.7 Å². The number of nitro groups is 1. The quantitative estimate of drug-likeness (QED) is 0.433. The molecule has 10 heteroatoms. The molecule has 0 saturated carbocycles. The number of nitrogens with two attached hydrogens (primary N) is 1. The van der Waals surface area contributed by atoms with Crippen LogP contribution < -0.4 is 16.6 Å². The zero-order valence-electron chi connectivity index (χ0n) is 10.0. The molecule has 1 rings (SSSR count).